The minimum absolute atomic E-state index is 0.124. The third-order valence-electron chi connectivity index (χ3n) is 1.65. The second kappa shape index (κ2) is 4.75. The van der Waals surface area contributed by atoms with Crippen molar-refractivity contribution < 1.29 is 13.9 Å². The maximum absolute atomic E-state index is 13.1. The fourth-order valence-corrected chi connectivity index (χ4v) is 1.25. The highest BCUT2D eigenvalue weighted by Gasteiger charge is 2.05. The molecule has 1 amide bonds. The van der Waals surface area contributed by atoms with Gasteiger partial charge in [-0.3, -0.25) is 0 Å². The molecule has 1 rings (SSSR count). The van der Waals surface area contributed by atoms with E-state index in [9.17, 15) is 9.18 Å². The van der Waals surface area contributed by atoms with Crippen molar-refractivity contribution in [2.75, 3.05) is 14.1 Å². The Morgan fingerprint density at radius 3 is 2.67 bits per heavy atom. The van der Waals surface area contributed by atoms with Crippen molar-refractivity contribution in [3.63, 3.8) is 0 Å². The van der Waals surface area contributed by atoms with Crippen molar-refractivity contribution in [1.82, 2.24) is 4.90 Å². The molecule has 0 radical (unpaired) electrons. The van der Waals surface area contributed by atoms with E-state index in [2.05, 4.69) is 4.74 Å². The van der Waals surface area contributed by atoms with Crippen molar-refractivity contribution in [2.45, 2.75) is 6.54 Å². The van der Waals surface area contributed by atoms with Crippen molar-refractivity contribution in [2.24, 2.45) is 5.73 Å². The SMILES string of the molecule is CN(C)Cc1cc(F)cc(OC(N)=O)c1. The molecule has 0 aliphatic rings. The normalized spacial score (nSPS) is 10.4. The van der Waals surface area contributed by atoms with E-state index in [4.69, 9.17) is 5.73 Å². The highest BCUT2D eigenvalue weighted by Crippen LogP contribution is 2.17. The van der Waals surface area contributed by atoms with Gasteiger partial charge in [-0.25, -0.2) is 9.18 Å². The lowest BCUT2D eigenvalue weighted by molar-refractivity contribution is 0.210. The van der Waals surface area contributed by atoms with Gasteiger partial charge in [-0.15, -0.1) is 0 Å². The molecule has 0 atom stereocenters. The lowest BCUT2D eigenvalue weighted by Gasteiger charge is -2.10. The van der Waals surface area contributed by atoms with Gasteiger partial charge in [0.1, 0.15) is 11.6 Å². The zero-order valence-corrected chi connectivity index (χ0v) is 8.66. The largest absolute Gasteiger partial charge is 0.410 e. The van der Waals surface area contributed by atoms with Gasteiger partial charge in [-0.05, 0) is 31.8 Å². The van der Waals surface area contributed by atoms with Gasteiger partial charge in [-0.2, -0.15) is 0 Å². The van der Waals surface area contributed by atoms with Gasteiger partial charge in [0.25, 0.3) is 0 Å². The average molecular weight is 212 g/mol. The fraction of sp³-hybridized carbons (Fsp3) is 0.300. The molecule has 1 aromatic rings. The number of benzene rings is 1. The Morgan fingerprint density at radius 1 is 1.47 bits per heavy atom. The van der Waals surface area contributed by atoms with Crippen LogP contribution in [-0.2, 0) is 6.54 Å². The Kier molecular flexibility index (Phi) is 3.62. The van der Waals surface area contributed by atoms with E-state index in [1.54, 1.807) is 6.07 Å². The maximum atomic E-state index is 13.1. The van der Waals surface area contributed by atoms with Crippen LogP contribution in [0.25, 0.3) is 0 Å². The first kappa shape index (κ1) is 11.5. The maximum Gasteiger partial charge on any atom is 0.409 e. The Bertz CT molecular complexity index is 366. The van der Waals surface area contributed by atoms with Gasteiger partial charge in [0, 0.05) is 12.6 Å². The number of halogens is 1. The summed E-state index contributed by atoms with van der Waals surface area (Å²) < 4.78 is 17.7. The fourth-order valence-electron chi connectivity index (χ4n) is 1.25. The number of hydrogen-bond acceptors (Lipinski definition) is 3. The van der Waals surface area contributed by atoms with Gasteiger partial charge in [0.15, 0.2) is 0 Å². The number of carbonyl (C=O) groups is 1. The van der Waals surface area contributed by atoms with Crippen LogP contribution in [0, 0.1) is 5.82 Å². The molecule has 0 aliphatic heterocycles. The van der Waals surface area contributed by atoms with Crippen molar-refractivity contribution >= 4 is 6.09 Å². The average Bonchev–Trinajstić information content (AvgIpc) is 1.98. The highest BCUT2D eigenvalue weighted by molar-refractivity contribution is 5.68. The number of rotatable bonds is 3. The molecule has 2 N–H and O–H groups in total. The Labute approximate surface area is 87.4 Å². The monoisotopic (exact) mass is 212 g/mol. The minimum Gasteiger partial charge on any atom is -0.410 e. The molecule has 0 saturated heterocycles. The summed E-state index contributed by atoms with van der Waals surface area (Å²) in [5.74, 6) is -0.329. The molecule has 82 valence electrons. The smallest absolute Gasteiger partial charge is 0.409 e. The Morgan fingerprint density at radius 2 is 2.13 bits per heavy atom. The van der Waals surface area contributed by atoms with E-state index in [1.807, 2.05) is 19.0 Å². The van der Waals surface area contributed by atoms with Crippen LogP contribution >= 0.6 is 0 Å². The zero-order chi connectivity index (χ0) is 11.4. The van der Waals surface area contributed by atoms with Crippen molar-refractivity contribution in [1.29, 1.82) is 0 Å². The third kappa shape index (κ3) is 3.95. The second-order valence-electron chi connectivity index (χ2n) is 3.45. The molecule has 0 heterocycles. The summed E-state index contributed by atoms with van der Waals surface area (Å²) in [7, 11) is 3.72. The number of hydrogen-bond donors (Lipinski definition) is 1. The van der Waals surface area contributed by atoms with Crippen LogP contribution < -0.4 is 10.5 Å². The Balaban J connectivity index is 2.89. The second-order valence-corrected chi connectivity index (χ2v) is 3.45. The lowest BCUT2D eigenvalue weighted by Crippen LogP contribution is -2.17. The molecule has 0 aliphatic carbocycles. The first-order chi connectivity index (χ1) is 6.97. The summed E-state index contributed by atoms with van der Waals surface area (Å²) in [5, 5.41) is 0. The molecule has 0 spiro atoms. The standard InChI is InChI=1S/C10H13FN2O2/c1-13(2)6-7-3-8(11)5-9(4-7)15-10(12)14/h3-5H,6H2,1-2H3,(H2,12,14). The van der Waals surface area contributed by atoms with Crippen molar-refractivity contribution in [3.8, 4) is 5.75 Å². The van der Waals surface area contributed by atoms with E-state index >= 15 is 0 Å². The van der Waals surface area contributed by atoms with Crippen LogP contribution in [0.15, 0.2) is 18.2 Å². The summed E-state index contributed by atoms with van der Waals surface area (Å²) in [6.07, 6.45) is -0.948. The first-order valence-corrected chi connectivity index (χ1v) is 4.39. The molecular weight excluding hydrogens is 199 g/mol. The van der Waals surface area contributed by atoms with E-state index < -0.39 is 11.9 Å². The van der Waals surface area contributed by atoms with Gasteiger partial charge in [0.05, 0.1) is 0 Å². The topological polar surface area (TPSA) is 55.6 Å². The van der Waals surface area contributed by atoms with Gasteiger partial charge in [0.2, 0.25) is 0 Å². The molecule has 1 aromatic carbocycles. The number of ether oxygens (including phenoxy) is 1. The molecule has 5 heteroatoms. The van der Waals surface area contributed by atoms with E-state index in [1.165, 1.54) is 6.07 Å². The summed E-state index contributed by atoms with van der Waals surface area (Å²) in [5.41, 5.74) is 5.55. The molecule has 15 heavy (non-hydrogen) atoms. The predicted molar refractivity (Wildman–Crippen MR) is 54.0 cm³/mol. The summed E-state index contributed by atoms with van der Waals surface area (Å²) in [4.78, 5) is 12.4. The summed E-state index contributed by atoms with van der Waals surface area (Å²) in [6.45, 7) is 0.562. The van der Waals surface area contributed by atoms with Gasteiger partial charge in [-0.1, -0.05) is 0 Å². The van der Waals surface area contributed by atoms with Crippen LogP contribution in [0.3, 0.4) is 0 Å². The first-order valence-electron chi connectivity index (χ1n) is 4.39. The quantitative estimate of drug-likeness (QED) is 0.822. The summed E-state index contributed by atoms with van der Waals surface area (Å²) >= 11 is 0. The number of nitrogens with zero attached hydrogens (tertiary/aromatic N) is 1. The van der Waals surface area contributed by atoms with Crippen molar-refractivity contribution in [3.05, 3.63) is 29.6 Å². The highest BCUT2D eigenvalue weighted by atomic mass is 19.1. The van der Waals surface area contributed by atoms with Crippen LogP contribution in [0.5, 0.6) is 5.75 Å². The number of amides is 1. The van der Waals surface area contributed by atoms with E-state index in [-0.39, 0.29) is 5.75 Å². The molecule has 0 unspecified atom stereocenters. The van der Waals surface area contributed by atoms with Gasteiger partial charge >= 0.3 is 6.09 Å². The molecule has 0 fully saturated rings. The molecule has 4 nitrogen and oxygen atoms in total. The van der Waals surface area contributed by atoms with Gasteiger partial charge < -0.3 is 15.4 Å². The van der Waals surface area contributed by atoms with E-state index in [0.29, 0.717) is 6.54 Å². The van der Waals surface area contributed by atoms with Crippen LogP contribution in [0.4, 0.5) is 9.18 Å². The van der Waals surface area contributed by atoms with Crippen LogP contribution in [0.1, 0.15) is 5.56 Å². The number of carbonyl (C=O) groups excluding carboxylic acids is 1. The molecule has 0 bridgehead atoms. The zero-order valence-electron chi connectivity index (χ0n) is 8.66. The summed E-state index contributed by atoms with van der Waals surface area (Å²) in [6, 6.07) is 4.08. The number of primary amides is 1. The van der Waals surface area contributed by atoms with Crippen LogP contribution in [0.2, 0.25) is 0 Å². The Hall–Kier alpha value is -1.62. The lowest BCUT2D eigenvalue weighted by atomic mass is 10.2. The molecular formula is C10H13FN2O2. The molecule has 0 aromatic heterocycles. The minimum atomic E-state index is -0.948. The predicted octanol–water partition coefficient (Wildman–Crippen LogP) is 1.34. The van der Waals surface area contributed by atoms with E-state index in [0.717, 1.165) is 11.6 Å². The number of nitrogens with two attached hydrogens (primary N) is 1. The molecule has 0 saturated carbocycles. The third-order valence-corrected chi connectivity index (χ3v) is 1.65. The van der Waals surface area contributed by atoms with Crippen LogP contribution in [-0.4, -0.2) is 25.1 Å².